The fourth-order valence-corrected chi connectivity index (χ4v) is 6.22. The summed E-state index contributed by atoms with van der Waals surface area (Å²) in [5.41, 5.74) is 2.69. The minimum absolute atomic E-state index is 0. The zero-order valence-corrected chi connectivity index (χ0v) is 30.2. The second-order valence-electron chi connectivity index (χ2n) is 5.83. The summed E-state index contributed by atoms with van der Waals surface area (Å²) in [6.07, 6.45) is 16.8. The molecular weight excluding hydrogens is 916 g/mol. The molecule has 0 aromatic rings. The average molecular weight is 952 g/mol. The van der Waals surface area contributed by atoms with Gasteiger partial charge in [0, 0.05) is 37.5 Å². The van der Waals surface area contributed by atoms with Gasteiger partial charge in [-0.2, -0.15) is 0 Å². The van der Waals surface area contributed by atoms with Crippen molar-refractivity contribution in [3.05, 3.63) is 70.5 Å². The molecule has 0 aromatic heterocycles. The van der Waals surface area contributed by atoms with Crippen molar-refractivity contribution in [1.82, 2.24) is 0 Å². The first-order valence-corrected chi connectivity index (χ1v) is 11.2. The first-order valence-electron chi connectivity index (χ1n) is 9.05. The summed E-state index contributed by atoms with van der Waals surface area (Å²) in [5, 5.41) is 0. The van der Waals surface area contributed by atoms with E-state index in [4.69, 9.17) is 27.9 Å². The van der Waals surface area contributed by atoms with Crippen molar-refractivity contribution in [2.24, 2.45) is 0 Å². The van der Waals surface area contributed by atoms with Crippen LogP contribution in [-0.2, 0) is 113 Å². The Morgan fingerprint density at radius 1 is 0.556 bits per heavy atom. The SMILES string of the molecule is C1=C\CC/C=C\CC/1.CC(C)P(C(C)C)C(C)C.[C-]#[O+].[C-]#[O+].[C-]#[O+].[C-]#[O+].[C-]#[O+].[C-]#[O+].[CH2-][S-].[Mn].[Pt+2].[Re].[SH-]. The zero-order chi connectivity index (χ0) is 28.0. The van der Waals surface area contributed by atoms with Gasteiger partial charge in [0.2, 0.25) is 0 Å². The Hall–Kier alpha value is 0.920. The van der Waals surface area contributed by atoms with Crippen LogP contribution >= 0.6 is 7.92 Å². The number of rotatable bonds is 3. The van der Waals surface area contributed by atoms with Crippen molar-refractivity contribution in [3.63, 3.8) is 0 Å². The van der Waals surface area contributed by atoms with E-state index in [-0.39, 0.29) is 80.0 Å². The first-order chi connectivity index (χ1) is 15.5. The van der Waals surface area contributed by atoms with Crippen LogP contribution in [0.1, 0.15) is 67.2 Å². The Balaban J connectivity index is -0.0000000201. The monoisotopic (exact) mass is 952 g/mol. The van der Waals surface area contributed by atoms with Crippen LogP contribution in [0.3, 0.4) is 0 Å². The quantitative estimate of drug-likeness (QED) is 0.0639. The van der Waals surface area contributed by atoms with Crippen LogP contribution in [0, 0.1) is 46.2 Å². The molecule has 0 atom stereocenters. The summed E-state index contributed by atoms with van der Waals surface area (Å²) in [4.78, 5) is 0. The van der Waals surface area contributed by atoms with E-state index in [1.54, 1.807) is 0 Å². The predicted molar refractivity (Wildman–Crippen MR) is 134 cm³/mol. The van der Waals surface area contributed by atoms with Gasteiger partial charge >= 0.3 is 88.9 Å². The fourth-order valence-electron chi connectivity index (χ4n) is 2.65. The number of allylic oxidation sites excluding steroid dienone is 4. The van der Waals surface area contributed by atoms with Gasteiger partial charge in [0.1, 0.15) is 0 Å². The van der Waals surface area contributed by atoms with Gasteiger partial charge in [-0.1, -0.05) is 73.8 Å². The molecule has 0 fully saturated rings. The molecule has 1 aliphatic carbocycles. The fraction of sp³-hybridized carbons (Fsp3) is 0.542. The molecule has 0 saturated carbocycles. The molecule has 0 bridgehead atoms. The maximum Gasteiger partial charge on any atom is 2.00 e. The third kappa shape index (κ3) is 91.8. The molecule has 0 unspecified atom stereocenters. The molecule has 0 heterocycles. The predicted octanol–water partition coefficient (Wildman–Crippen LogP) is 6.19. The van der Waals surface area contributed by atoms with E-state index >= 15 is 0 Å². The van der Waals surface area contributed by atoms with Gasteiger partial charge < -0.3 is 32.4 Å². The van der Waals surface area contributed by atoms with Crippen LogP contribution in [0.15, 0.2) is 24.3 Å². The minimum Gasteiger partial charge on any atom is -1.02 e. The Morgan fingerprint density at radius 3 is 0.722 bits per heavy atom. The molecule has 0 spiro atoms. The van der Waals surface area contributed by atoms with Crippen LogP contribution < -0.4 is 0 Å². The average Bonchev–Trinajstić information content (AvgIpc) is 2.82. The molecule has 6 nitrogen and oxygen atoms in total. The molecular formula is C24H36MnO6PPtReS2-. The van der Waals surface area contributed by atoms with Gasteiger partial charge in [-0.15, -0.1) is 0 Å². The molecule has 0 N–H and O–H groups in total. The summed E-state index contributed by atoms with van der Waals surface area (Å²) in [6, 6.07) is 0. The number of thiol groups is 1. The van der Waals surface area contributed by atoms with E-state index in [1.165, 1.54) is 25.7 Å². The van der Waals surface area contributed by atoms with Crippen molar-refractivity contribution >= 4 is 34.0 Å². The molecule has 12 heteroatoms. The molecule has 2 radical (unpaired) electrons. The van der Waals surface area contributed by atoms with Crippen molar-refractivity contribution in [2.75, 3.05) is 0 Å². The van der Waals surface area contributed by atoms with Crippen molar-refractivity contribution in [1.29, 1.82) is 0 Å². The Morgan fingerprint density at radius 2 is 0.667 bits per heavy atom. The molecule has 210 valence electrons. The smallest absolute Gasteiger partial charge is 1.02 e. The molecule has 1 rings (SSSR count). The summed E-state index contributed by atoms with van der Waals surface area (Å²) < 4.78 is 45.0. The Labute approximate surface area is 273 Å². The summed E-state index contributed by atoms with van der Waals surface area (Å²) >= 11 is 3.83. The molecule has 36 heavy (non-hydrogen) atoms. The molecule has 0 amide bonds. The van der Waals surface area contributed by atoms with E-state index in [2.05, 4.69) is 125 Å². The van der Waals surface area contributed by atoms with E-state index in [0.717, 1.165) is 17.0 Å². The van der Waals surface area contributed by atoms with Crippen LogP contribution in [-0.4, -0.2) is 17.0 Å². The van der Waals surface area contributed by atoms with Crippen molar-refractivity contribution < 1.29 is 86.5 Å². The van der Waals surface area contributed by atoms with E-state index in [9.17, 15) is 0 Å². The van der Waals surface area contributed by atoms with Gasteiger partial charge in [-0.25, -0.2) is 0 Å². The summed E-state index contributed by atoms with van der Waals surface area (Å²) in [6.45, 7) is 41.1. The third-order valence-corrected chi connectivity index (χ3v) is 6.70. The number of hydrogen-bond donors (Lipinski definition) is 0. The Kier molecular flexibility index (Phi) is 213. The van der Waals surface area contributed by atoms with Gasteiger partial charge in [-0.3, -0.25) is 0 Å². The Bertz CT molecular complexity index is 405. The van der Waals surface area contributed by atoms with Crippen LogP contribution in [0.4, 0.5) is 0 Å². The molecule has 0 aliphatic heterocycles. The third-order valence-electron chi connectivity index (χ3n) is 3.12. The van der Waals surface area contributed by atoms with E-state index < -0.39 is 0 Å². The second-order valence-corrected chi connectivity index (χ2v) is 9.82. The van der Waals surface area contributed by atoms with E-state index in [1.807, 2.05) is 0 Å². The normalized spacial score (nSPS) is 10.2. The van der Waals surface area contributed by atoms with Crippen molar-refractivity contribution in [3.8, 4) is 0 Å². The van der Waals surface area contributed by atoms with Crippen LogP contribution in [0.2, 0.25) is 0 Å². The largest absolute Gasteiger partial charge is 2.00 e. The summed E-state index contributed by atoms with van der Waals surface area (Å²) in [7, 11) is 0.262. The first kappa shape index (κ1) is 76.7. The molecule has 1 aliphatic rings. The van der Waals surface area contributed by atoms with Crippen LogP contribution in [0.25, 0.3) is 0 Å². The maximum absolute atomic E-state index is 7.50. The second kappa shape index (κ2) is 100. The van der Waals surface area contributed by atoms with Gasteiger partial charge in [0.15, 0.2) is 0 Å². The standard InChI is InChI=1S/C9H21P.C8H12.6CO.CH2S.Mn.Pt.Re.H2S/c1-7(2)10(8(3)4)9(5)6;1-2-4-6-8-7-5-3-1;7*1-2;;;;/h7-9H,1-6H3;1-2,7-8H,3-6H2;;;;;;;1H2;;;;1H2/q;;;;;;;;-2;;+2;;/p-1/b;2-1-,8-7-;;;;;;;;;;;. The van der Waals surface area contributed by atoms with E-state index in [0.29, 0.717) is 0 Å². The van der Waals surface area contributed by atoms with Gasteiger partial charge in [0.25, 0.3) is 0 Å². The van der Waals surface area contributed by atoms with Crippen molar-refractivity contribution in [2.45, 2.75) is 84.2 Å². The van der Waals surface area contributed by atoms with Gasteiger partial charge in [0.05, 0.1) is 0 Å². The summed E-state index contributed by atoms with van der Waals surface area (Å²) in [5.74, 6) is 0. The molecule has 0 aromatic carbocycles. The number of hydrogen-bond acceptors (Lipinski definition) is 2. The molecule has 0 saturated heterocycles. The van der Waals surface area contributed by atoms with Gasteiger partial charge in [-0.05, 0) is 42.7 Å². The minimum atomic E-state index is 0. The van der Waals surface area contributed by atoms with Crippen LogP contribution in [0.5, 0.6) is 0 Å². The zero-order valence-electron chi connectivity index (χ0n) is 21.4. The topological polar surface area (TPSA) is 119 Å². The maximum atomic E-state index is 7.50.